The number of alkyl carbamates (subject to hydrolysis) is 1. The molecule has 3 atom stereocenters. The summed E-state index contributed by atoms with van der Waals surface area (Å²) in [6.07, 6.45) is 2.09. The zero-order valence-electron chi connectivity index (χ0n) is 32.4. The van der Waals surface area contributed by atoms with Gasteiger partial charge < -0.3 is 35.1 Å². The van der Waals surface area contributed by atoms with E-state index in [-0.39, 0.29) is 19.3 Å². The van der Waals surface area contributed by atoms with Crippen LogP contribution in [0.25, 0.3) is 0 Å². The van der Waals surface area contributed by atoms with E-state index < -0.39 is 64.7 Å². The second-order valence-corrected chi connectivity index (χ2v) is 15.2. The maximum atomic E-state index is 13.8. The van der Waals surface area contributed by atoms with Gasteiger partial charge in [-0.2, -0.15) is 0 Å². The summed E-state index contributed by atoms with van der Waals surface area (Å²) >= 11 is 0. The number of hydrogen-bond donors (Lipinski definition) is 4. The van der Waals surface area contributed by atoms with Crippen molar-refractivity contribution in [2.45, 2.75) is 103 Å². The number of carbonyl (C=O) groups excluding carboxylic acids is 4. The Labute approximate surface area is 321 Å². The normalized spacial score (nSPS) is 13.4. The molecule has 1 aromatic heterocycles. The number of carboxylic acid groups (broad SMARTS) is 1. The molecule has 0 bridgehead atoms. The van der Waals surface area contributed by atoms with Crippen molar-refractivity contribution in [3.8, 4) is 0 Å². The molecule has 292 valence electrons. The SMILES string of the molecule is C[C@H](NC(=O)[C@H](Cc1cn(C(c2ccccc2)(c2ccccc2)c2ccccc2)cn1)NC(=O)OC(C)(C)C)C(=O)N[C@@H](CCC(=O)OC(C)(C)C)C(=O)O. The Hall–Kier alpha value is -5.98. The summed E-state index contributed by atoms with van der Waals surface area (Å²) in [4.78, 5) is 68.8. The van der Waals surface area contributed by atoms with E-state index in [4.69, 9.17) is 14.5 Å². The molecule has 0 fully saturated rings. The molecule has 3 amide bonds. The first-order valence-electron chi connectivity index (χ1n) is 18.1. The van der Waals surface area contributed by atoms with Crippen molar-refractivity contribution in [3.05, 3.63) is 126 Å². The Balaban J connectivity index is 1.62. The summed E-state index contributed by atoms with van der Waals surface area (Å²) in [5, 5.41) is 17.3. The summed E-state index contributed by atoms with van der Waals surface area (Å²) in [6, 6.07) is 26.0. The van der Waals surface area contributed by atoms with E-state index in [2.05, 4.69) is 16.0 Å². The van der Waals surface area contributed by atoms with Gasteiger partial charge in [-0.3, -0.25) is 14.4 Å². The third-order valence-corrected chi connectivity index (χ3v) is 8.44. The molecule has 13 heteroatoms. The van der Waals surface area contributed by atoms with Gasteiger partial charge in [0.15, 0.2) is 0 Å². The molecule has 0 saturated carbocycles. The molecule has 13 nitrogen and oxygen atoms in total. The number of hydrogen-bond acceptors (Lipinski definition) is 8. The van der Waals surface area contributed by atoms with Gasteiger partial charge in [0.2, 0.25) is 11.8 Å². The summed E-state index contributed by atoms with van der Waals surface area (Å²) in [7, 11) is 0. The lowest BCUT2D eigenvalue weighted by molar-refractivity contribution is -0.155. The number of nitrogens with zero attached hydrogens (tertiary/aromatic N) is 2. The minimum absolute atomic E-state index is 0.0888. The number of esters is 1. The van der Waals surface area contributed by atoms with Crippen LogP contribution < -0.4 is 16.0 Å². The van der Waals surface area contributed by atoms with Crippen LogP contribution in [0.1, 0.15) is 83.7 Å². The van der Waals surface area contributed by atoms with Crippen LogP contribution in [0.15, 0.2) is 104 Å². The molecule has 0 aliphatic heterocycles. The predicted molar refractivity (Wildman–Crippen MR) is 206 cm³/mol. The second-order valence-electron chi connectivity index (χ2n) is 15.2. The Morgan fingerprint density at radius 1 is 0.691 bits per heavy atom. The molecule has 4 N–H and O–H groups in total. The van der Waals surface area contributed by atoms with E-state index in [1.165, 1.54) is 6.92 Å². The van der Waals surface area contributed by atoms with Crippen molar-refractivity contribution in [3.63, 3.8) is 0 Å². The highest BCUT2D eigenvalue weighted by atomic mass is 16.6. The third-order valence-electron chi connectivity index (χ3n) is 8.44. The molecular formula is C42H51N5O8. The summed E-state index contributed by atoms with van der Waals surface area (Å²) < 4.78 is 12.7. The second kappa shape index (κ2) is 17.9. The highest BCUT2D eigenvalue weighted by Crippen LogP contribution is 2.40. The van der Waals surface area contributed by atoms with Crippen molar-refractivity contribution in [2.24, 2.45) is 0 Å². The molecule has 0 unspecified atom stereocenters. The van der Waals surface area contributed by atoms with Gasteiger partial charge in [0.25, 0.3) is 0 Å². The van der Waals surface area contributed by atoms with Gasteiger partial charge in [0, 0.05) is 19.0 Å². The first-order valence-corrected chi connectivity index (χ1v) is 18.1. The molecule has 0 aliphatic rings. The monoisotopic (exact) mass is 753 g/mol. The minimum Gasteiger partial charge on any atom is -0.480 e. The fourth-order valence-corrected chi connectivity index (χ4v) is 6.09. The summed E-state index contributed by atoms with van der Waals surface area (Å²) in [6.45, 7) is 11.5. The lowest BCUT2D eigenvalue weighted by Gasteiger charge is -2.37. The molecule has 0 saturated heterocycles. The first kappa shape index (κ1) is 41.8. The number of carbonyl (C=O) groups is 5. The highest BCUT2D eigenvalue weighted by molar-refractivity contribution is 5.92. The minimum atomic E-state index is -1.42. The largest absolute Gasteiger partial charge is 0.480 e. The number of aromatic nitrogens is 2. The molecule has 0 radical (unpaired) electrons. The number of carboxylic acids is 1. The number of ether oxygens (including phenoxy) is 2. The molecule has 0 aliphatic carbocycles. The predicted octanol–water partition coefficient (Wildman–Crippen LogP) is 5.36. The van der Waals surface area contributed by atoms with E-state index in [1.54, 1.807) is 47.9 Å². The average molecular weight is 754 g/mol. The Kier molecular flexibility index (Phi) is 13.6. The van der Waals surface area contributed by atoms with Crippen molar-refractivity contribution < 1.29 is 38.6 Å². The summed E-state index contributed by atoms with van der Waals surface area (Å²) in [5.41, 5.74) is 0.839. The number of benzene rings is 3. The van der Waals surface area contributed by atoms with E-state index >= 15 is 0 Å². The van der Waals surface area contributed by atoms with Gasteiger partial charge in [-0.05, 0) is 71.6 Å². The van der Waals surface area contributed by atoms with Crippen molar-refractivity contribution in [1.29, 1.82) is 0 Å². The van der Waals surface area contributed by atoms with Gasteiger partial charge >= 0.3 is 18.0 Å². The third kappa shape index (κ3) is 11.5. The van der Waals surface area contributed by atoms with Gasteiger partial charge in [0.1, 0.15) is 34.9 Å². The van der Waals surface area contributed by atoms with Crippen molar-refractivity contribution in [2.75, 3.05) is 0 Å². The molecular weight excluding hydrogens is 702 g/mol. The fraction of sp³-hybridized carbons (Fsp3) is 0.381. The molecule has 3 aromatic carbocycles. The van der Waals surface area contributed by atoms with Gasteiger partial charge in [0.05, 0.1) is 12.0 Å². The van der Waals surface area contributed by atoms with E-state index in [1.807, 2.05) is 102 Å². The van der Waals surface area contributed by atoms with Crippen LogP contribution in [-0.4, -0.2) is 73.8 Å². The number of amides is 3. The van der Waals surface area contributed by atoms with Gasteiger partial charge in [-0.15, -0.1) is 0 Å². The standard InChI is InChI=1S/C42H51N5O8/c1-28(36(49)45-33(38(51)52)23-24-35(48)54-40(2,3)4)44-37(50)34(46-39(53)55-41(5,6)7)25-32-26-47(27-43-32)42(29-17-11-8-12-18-29,30-19-13-9-14-20-30)31-21-15-10-16-22-31/h8-22,26-28,33-34H,23-25H2,1-7H3,(H,44,50)(H,45,49)(H,46,53)(H,51,52)/t28-,33-,34-/m0/s1. The lowest BCUT2D eigenvalue weighted by atomic mass is 9.77. The number of aliphatic carboxylic acids is 1. The first-order chi connectivity index (χ1) is 25.9. The van der Waals surface area contributed by atoms with Crippen LogP contribution >= 0.6 is 0 Å². The van der Waals surface area contributed by atoms with Crippen molar-refractivity contribution >= 4 is 29.8 Å². The zero-order valence-corrected chi connectivity index (χ0v) is 32.4. The number of nitrogens with one attached hydrogen (secondary N) is 3. The fourth-order valence-electron chi connectivity index (χ4n) is 6.09. The topological polar surface area (TPSA) is 178 Å². The Bertz CT molecular complexity index is 1820. The van der Waals surface area contributed by atoms with Crippen LogP contribution in [0.5, 0.6) is 0 Å². The van der Waals surface area contributed by atoms with E-state index in [0.717, 1.165) is 16.7 Å². The maximum absolute atomic E-state index is 13.8. The smallest absolute Gasteiger partial charge is 0.408 e. The van der Waals surface area contributed by atoms with Crippen LogP contribution in [-0.2, 0) is 40.6 Å². The average Bonchev–Trinajstić information content (AvgIpc) is 3.58. The number of imidazole rings is 1. The van der Waals surface area contributed by atoms with Crippen LogP contribution in [0, 0.1) is 0 Å². The van der Waals surface area contributed by atoms with E-state index in [0.29, 0.717) is 5.69 Å². The molecule has 1 heterocycles. The molecule has 0 spiro atoms. The lowest BCUT2D eigenvalue weighted by Crippen LogP contribution is -2.55. The Morgan fingerprint density at radius 2 is 1.18 bits per heavy atom. The van der Waals surface area contributed by atoms with Crippen LogP contribution in [0.2, 0.25) is 0 Å². The van der Waals surface area contributed by atoms with E-state index in [9.17, 15) is 29.1 Å². The summed E-state index contributed by atoms with van der Waals surface area (Å²) in [5.74, 6) is -3.50. The van der Waals surface area contributed by atoms with Gasteiger partial charge in [-0.1, -0.05) is 91.0 Å². The Morgan fingerprint density at radius 3 is 1.64 bits per heavy atom. The zero-order chi connectivity index (χ0) is 40.4. The molecule has 55 heavy (non-hydrogen) atoms. The van der Waals surface area contributed by atoms with Crippen LogP contribution in [0.3, 0.4) is 0 Å². The molecule has 4 aromatic rings. The van der Waals surface area contributed by atoms with Crippen molar-refractivity contribution in [1.82, 2.24) is 25.5 Å². The van der Waals surface area contributed by atoms with Crippen LogP contribution in [0.4, 0.5) is 4.79 Å². The van der Waals surface area contributed by atoms with Gasteiger partial charge in [-0.25, -0.2) is 14.6 Å². The quantitative estimate of drug-likeness (QED) is 0.0920. The molecule has 4 rings (SSSR count). The highest BCUT2D eigenvalue weighted by Gasteiger charge is 2.39. The number of rotatable bonds is 15. The maximum Gasteiger partial charge on any atom is 0.408 e.